The Bertz CT molecular complexity index is 1380. The number of carbonyl (C=O) groups excluding carboxylic acids is 1. The van der Waals surface area contributed by atoms with Crippen molar-refractivity contribution in [2.45, 2.75) is 186 Å². The first-order valence-corrected chi connectivity index (χ1v) is 21.0. The first kappa shape index (κ1) is 53.8. The van der Waals surface area contributed by atoms with Crippen molar-refractivity contribution in [2.24, 2.45) is 7.05 Å². The number of hydrogen-bond donors (Lipinski definition) is 1. The van der Waals surface area contributed by atoms with E-state index in [2.05, 4.69) is 68.8 Å². The Morgan fingerprint density at radius 1 is 0.811 bits per heavy atom. The Balaban J connectivity index is -0.000000882. The van der Waals surface area contributed by atoms with E-state index in [1.807, 2.05) is 78.3 Å². The normalized spacial score (nSPS) is 11.3. The molecule has 0 aliphatic heterocycles. The van der Waals surface area contributed by atoms with Gasteiger partial charge in [-0.1, -0.05) is 153 Å². The second kappa shape index (κ2) is 36.8. The van der Waals surface area contributed by atoms with Crippen molar-refractivity contribution in [3.8, 4) is 12.3 Å². The van der Waals surface area contributed by atoms with Gasteiger partial charge in [0, 0.05) is 36.7 Å². The topological polar surface area (TPSA) is 69.0 Å². The molecule has 6 heteroatoms. The van der Waals surface area contributed by atoms with Gasteiger partial charge in [-0.2, -0.15) is 0 Å². The number of methoxy groups -OCH3 is 1. The molecule has 6 nitrogen and oxygen atoms in total. The molecule has 1 aliphatic rings. The lowest BCUT2D eigenvalue weighted by atomic mass is 10.0. The van der Waals surface area contributed by atoms with E-state index in [9.17, 15) is 4.79 Å². The minimum Gasteiger partial charge on any atom is -0.501 e. The number of pyridine rings is 1. The van der Waals surface area contributed by atoms with Crippen molar-refractivity contribution in [3.63, 3.8) is 0 Å². The number of anilines is 1. The number of imidazole rings is 1. The SMILES string of the molecule is C#CCC.C1CCCC1.CC.CC.CCC/C(OC)=C(\CC)c1cc(C(=O)Nc2nc3ccc(C)cc3n2C)cc(C)n1.CCCC.CCCCCC. The van der Waals surface area contributed by atoms with Gasteiger partial charge >= 0.3 is 0 Å². The van der Waals surface area contributed by atoms with Gasteiger partial charge in [0.05, 0.1) is 23.8 Å². The van der Waals surface area contributed by atoms with E-state index in [-0.39, 0.29) is 5.91 Å². The summed E-state index contributed by atoms with van der Waals surface area (Å²) < 4.78 is 7.52. The number of unbranched alkanes of at least 4 members (excludes halogenated alkanes) is 4. The van der Waals surface area contributed by atoms with Crippen LogP contribution in [0.4, 0.5) is 5.95 Å². The molecule has 0 radical (unpaired) electrons. The molecule has 302 valence electrons. The number of benzene rings is 1. The Kier molecular flexibility index (Phi) is 37.3. The summed E-state index contributed by atoms with van der Waals surface area (Å²) in [6, 6.07) is 9.67. The number of allylic oxidation sites excluding steroid dienone is 2. The largest absolute Gasteiger partial charge is 0.501 e. The molecule has 1 aromatic carbocycles. The van der Waals surface area contributed by atoms with Crippen LogP contribution in [0.3, 0.4) is 0 Å². The van der Waals surface area contributed by atoms with E-state index in [0.717, 1.165) is 65.0 Å². The van der Waals surface area contributed by atoms with E-state index < -0.39 is 0 Å². The van der Waals surface area contributed by atoms with Crippen LogP contribution in [0.15, 0.2) is 36.1 Å². The highest BCUT2D eigenvalue weighted by atomic mass is 16.5. The smallest absolute Gasteiger partial charge is 0.258 e. The van der Waals surface area contributed by atoms with E-state index in [0.29, 0.717) is 11.5 Å². The van der Waals surface area contributed by atoms with Crippen LogP contribution in [-0.4, -0.2) is 27.6 Å². The fraction of sp³-hybridized carbons (Fsp3) is 0.638. The number of nitrogens with one attached hydrogen (secondary N) is 1. The van der Waals surface area contributed by atoms with E-state index in [4.69, 9.17) is 11.2 Å². The maximum Gasteiger partial charge on any atom is 0.258 e. The molecule has 2 aromatic heterocycles. The molecular formula is C47H82N4O2. The highest BCUT2D eigenvalue weighted by Gasteiger charge is 2.17. The van der Waals surface area contributed by atoms with Gasteiger partial charge in [-0.05, 0) is 56.5 Å². The maximum absolute atomic E-state index is 13.1. The molecule has 0 saturated heterocycles. The summed E-state index contributed by atoms with van der Waals surface area (Å²) in [5, 5.41) is 2.95. The number of amides is 1. The van der Waals surface area contributed by atoms with E-state index in [1.54, 1.807) is 13.2 Å². The molecule has 1 saturated carbocycles. The highest BCUT2D eigenvalue weighted by molar-refractivity contribution is 6.04. The van der Waals surface area contributed by atoms with Crippen molar-refractivity contribution >= 4 is 28.5 Å². The molecule has 1 aliphatic carbocycles. The van der Waals surface area contributed by atoms with Gasteiger partial charge in [0.25, 0.3) is 5.91 Å². The molecule has 2 heterocycles. The van der Waals surface area contributed by atoms with Crippen LogP contribution in [0.1, 0.15) is 200 Å². The number of aryl methyl sites for hydroxylation is 3. The van der Waals surface area contributed by atoms with Crippen LogP contribution in [0, 0.1) is 26.2 Å². The standard InChI is InChI=1S/C24H30N4O2.C6H14.C5H10.C4H10.C4H6.2C2H6/c1-7-9-22(30-6)18(8-2)20-14-17(13-16(4)25-20)23(29)27-24-26-19-11-10-15(3)12-21(19)28(24)5;1-3-5-6-4-2;1-2-4-5-3-1;2*1-3-4-2;2*1-2/h10-14H,7-9H2,1-6H3,(H,26,27,29);3-6H2,1-2H3;1-5H2;3-4H2,1-2H3;1H,4H2,2H3;2*1-2H3/b22-18-;;;;;;. The lowest BCUT2D eigenvalue weighted by Crippen LogP contribution is -2.16. The quantitative estimate of drug-likeness (QED) is 0.121. The van der Waals surface area contributed by atoms with Crippen molar-refractivity contribution < 1.29 is 9.53 Å². The first-order chi connectivity index (χ1) is 25.6. The zero-order chi connectivity index (χ0) is 41.0. The van der Waals surface area contributed by atoms with E-state index >= 15 is 0 Å². The van der Waals surface area contributed by atoms with Crippen LogP contribution >= 0.6 is 0 Å². The van der Waals surface area contributed by atoms with Gasteiger partial charge in [0.2, 0.25) is 5.95 Å². The molecule has 3 aromatic rings. The summed E-state index contributed by atoms with van der Waals surface area (Å²) >= 11 is 0. The minimum absolute atomic E-state index is 0.207. The van der Waals surface area contributed by atoms with Crippen molar-refractivity contribution in [3.05, 3.63) is 58.6 Å². The van der Waals surface area contributed by atoms with Crippen molar-refractivity contribution in [2.75, 3.05) is 12.4 Å². The Labute approximate surface area is 328 Å². The zero-order valence-electron chi connectivity index (χ0n) is 37.2. The van der Waals surface area contributed by atoms with Crippen LogP contribution in [0.5, 0.6) is 0 Å². The summed E-state index contributed by atoms with van der Waals surface area (Å²) in [6.07, 6.45) is 23.9. The predicted molar refractivity (Wildman–Crippen MR) is 237 cm³/mol. The highest BCUT2D eigenvalue weighted by Crippen LogP contribution is 2.26. The summed E-state index contributed by atoms with van der Waals surface area (Å²) in [4.78, 5) is 22.3. The van der Waals surface area contributed by atoms with Gasteiger partial charge < -0.3 is 9.30 Å². The molecule has 1 N–H and O–H groups in total. The number of hydrogen-bond acceptors (Lipinski definition) is 4. The number of rotatable bonds is 11. The molecule has 0 bridgehead atoms. The average molecular weight is 735 g/mol. The second-order valence-corrected chi connectivity index (χ2v) is 12.6. The Hall–Kier alpha value is -3.59. The summed E-state index contributed by atoms with van der Waals surface area (Å²) in [6.45, 7) is 26.9. The lowest BCUT2D eigenvalue weighted by Gasteiger charge is -2.14. The van der Waals surface area contributed by atoms with Crippen molar-refractivity contribution in [1.82, 2.24) is 14.5 Å². The number of nitrogens with zero attached hydrogens (tertiary/aromatic N) is 3. The lowest BCUT2D eigenvalue weighted by molar-refractivity contribution is 0.102. The molecule has 0 atom stereocenters. The minimum atomic E-state index is -0.207. The average Bonchev–Trinajstić information content (AvgIpc) is 3.88. The van der Waals surface area contributed by atoms with Gasteiger partial charge in [-0.3, -0.25) is 15.1 Å². The molecule has 1 fully saturated rings. The predicted octanol–water partition coefficient (Wildman–Crippen LogP) is 14.8. The monoisotopic (exact) mass is 735 g/mol. The molecule has 0 spiro atoms. The third-order valence-electron chi connectivity index (χ3n) is 8.11. The number of fused-ring (bicyclic) bond motifs is 1. The molecule has 53 heavy (non-hydrogen) atoms. The third-order valence-corrected chi connectivity index (χ3v) is 8.11. The van der Waals surface area contributed by atoms with Crippen LogP contribution in [0.25, 0.3) is 16.6 Å². The first-order valence-electron chi connectivity index (χ1n) is 21.0. The fourth-order valence-electron chi connectivity index (χ4n) is 5.05. The van der Waals surface area contributed by atoms with Gasteiger partial charge in [0.1, 0.15) is 5.76 Å². The third kappa shape index (κ3) is 23.6. The van der Waals surface area contributed by atoms with Crippen molar-refractivity contribution in [1.29, 1.82) is 0 Å². The maximum atomic E-state index is 13.1. The Morgan fingerprint density at radius 3 is 1.75 bits per heavy atom. The molecular weight excluding hydrogens is 653 g/mol. The summed E-state index contributed by atoms with van der Waals surface area (Å²) in [7, 11) is 3.60. The van der Waals surface area contributed by atoms with Gasteiger partial charge in [0.15, 0.2) is 0 Å². The number of carbonyl (C=O) groups is 1. The molecule has 4 rings (SSSR count). The van der Waals surface area contributed by atoms with Gasteiger partial charge in [-0.25, -0.2) is 4.98 Å². The van der Waals surface area contributed by atoms with Crippen LogP contribution in [-0.2, 0) is 11.8 Å². The number of terminal acetylenes is 1. The van der Waals surface area contributed by atoms with Crippen LogP contribution < -0.4 is 5.32 Å². The fourth-order valence-corrected chi connectivity index (χ4v) is 5.05. The second-order valence-electron chi connectivity index (χ2n) is 12.6. The molecule has 1 amide bonds. The Morgan fingerprint density at radius 2 is 1.34 bits per heavy atom. The number of ether oxygens (including phenoxy) is 1. The molecule has 0 unspecified atom stereocenters. The summed E-state index contributed by atoms with van der Waals surface area (Å²) in [5.41, 5.74) is 6.15. The summed E-state index contributed by atoms with van der Waals surface area (Å²) in [5.74, 6) is 3.67. The van der Waals surface area contributed by atoms with Gasteiger partial charge in [-0.15, -0.1) is 12.3 Å². The zero-order valence-corrected chi connectivity index (χ0v) is 37.2. The van der Waals surface area contributed by atoms with Crippen LogP contribution in [0.2, 0.25) is 0 Å². The number of aromatic nitrogens is 3. The van der Waals surface area contributed by atoms with E-state index in [1.165, 1.54) is 70.6 Å².